The number of nitrogens with zero attached hydrogens (tertiary/aromatic N) is 2. The Hall–Kier alpha value is -4.29. The number of nitriles is 1. The van der Waals surface area contributed by atoms with Gasteiger partial charge in [-0.15, -0.1) is 11.3 Å². The molecule has 2 aromatic carbocycles. The van der Waals surface area contributed by atoms with Crippen molar-refractivity contribution in [2.45, 2.75) is 13.8 Å². The number of nitrogens with two attached hydrogens (primary N) is 2. The van der Waals surface area contributed by atoms with Crippen molar-refractivity contribution in [2.24, 2.45) is 0 Å². The minimum atomic E-state index is -0.357. The Balaban J connectivity index is 1.91. The molecule has 5 N–H and O–H groups in total. The van der Waals surface area contributed by atoms with E-state index in [-0.39, 0.29) is 23.0 Å². The summed E-state index contributed by atoms with van der Waals surface area (Å²) in [4.78, 5) is 18.3. The molecule has 0 atom stereocenters. The summed E-state index contributed by atoms with van der Waals surface area (Å²) in [7, 11) is 3.07. The first kappa shape index (κ1) is 22.9. The number of methoxy groups -OCH3 is 2. The van der Waals surface area contributed by atoms with E-state index in [2.05, 4.69) is 16.4 Å². The lowest BCUT2D eigenvalue weighted by atomic mass is 9.96. The molecule has 0 aliphatic carbocycles. The number of thiophene rings is 1. The van der Waals surface area contributed by atoms with Gasteiger partial charge in [-0.2, -0.15) is 5.26 Å². The van der Waals surface area contributed by atoms with E-state index in [0.717, 1.165) is 22.5 Å². The Labute approximate surface area is 200 Å². The van der Waals surface area contributed by atoms with E-state index >= 15 is 0 Å². The summed E-state index contributed by atoms with van der Waals surface area (Å²) < 4.78 is 10.8. The van der Waals surface area contributed by atoms with Gasteiger partial charge in [-0.05, 0) is 48.7 Å². The third-order valence-electron chi connectivity index (χ3n) is 5.75. The highest BCUT2D eigenvalue weighted by molar-refractivity contribution is 7.21. The van der Waals surface area contributed by atoms with E-state index in [1.165, 1.54) is 7.11 Å². The highest BCUT2D eigenvalue weighted by Gasteiger charge is 2.25. The molecule has 34 heavy (non-hydrogen) atoms. The number of aromatic nitrogens is 1. The largest absolute Gasteiger partial charge is 0.493 e. The van der Waals surface area contributed by atoms with Gasteiger partial charge in [0.05, 0.1) is 19.9 Å². The second kappa shape index (κ2) is 8.92. The molecule has 0 radical (unpaired) electrons. The number of nitrogen functional groups attached to an aromatic ring is 2. The van der Waals surface area contributed by atoms with Crippen LogP contribution < -0.4 is 26.3 Å². The van der Waals surface area contributed by atoms with E-state index in [1.807, 2.05) is 32.0 Å². The predicted molar refractivity (Wildman–Crippen MR) is 136 cm³/mol. The molecule has 2 aromatic heterocycles. The molecule has 8 nitrogen and oxygen atoms in total. The molecule has 0 aliphatic heterocycles. The number of fused-ring (bicyclic) bond motifs is 1. The van der Waals surface area contributed by atoms with Crippen LogP contribution in [0.2, 0.25) is 0 Å². The van der Waals surface area contributed by atoms with E-state index < -0.39 is 0 Å². The summed E-state index contributed by atoms with van der Waals surface area (Å²) >= 11 is 1.13. The second-order valence-corrected chi connectivity index (χ2v) is 8.65. The van der Waals surface area contributed by atoms with E-state index in [0.29, 0.717) is 43.4 Å². The number of ether oxygens (including phenoxy) is 2. The van der Waals surface area contributed by atoms with Crippen molar-refractivity contribution in [2.75, 3.05) is 31.0 Å². The maximum atomic E-state index is 13.2. The summed E-state index contributed by atoms with van der Waals surface area (Å²) in [6, 6.07) is 13.1. The molecule has 1 amide bonds. The van der Waals surface area contributed by atoms with Gasteiger partial charge in [-0.25, -0.2) is 4.98 Å². The monoisotopic (exact) mass is 473 g/mol. The summed E-state index contributed by atoms with van der Waals surface area (Å²) in [6.07, 6.45) is 0. The number of aryl methyl sites for hydroxylation is 1. The minimum absolute atomic E-state index is 0.0579. The third-order valence-corrected chi connectivity index (χ3v) is 6.85. The molecule has 0 aliphatic rings. The highest BCUT2D eigenvalue weighted by Crippen LogP contribution is 2.44. The van der Waals surface area contributed by atoms with Crippen LogP contribution in [-0.4, -0.2) is 25.1 Å². The van der Waals surface area contributed by atoms with Crippen LogP contribution in [0.3, 0.4) is 0 Å². The van der Waals surface area contributed by atoms with E-state index in [1.54, 1.807) is 25.3 Å². The number of hydrogen-bond donors (Lipinski definition) is 3. The molecule has 9 heteroatoms. The van der Waals surface area contributed by atoms with Crippen LogP contribution in [0.15, 0.2) is 36.4 Å². The molecular weight excluding hydrogens is 450 g/mol. The molecule has 4 rings (SSSR count). The van der Waals surface area contributed by atoms with Crippen LogP contribution in [0.25, 0.3) is 21.3 Å². The topological polar surface area (TPSA) is 136 Å². The van der Waals surface area contributed by atoms with Gasteiger partial charge in [0.25, 0.3) is 5.91 Å². The first-order valence-corrected chi connectivity index (χ1v) is 11.1. The van der Waals surface area contributed by atoms with Crippen molar-refractivity contribution in [1.29, 1.82) is 5.26 Å². The molecule has 0 saturated heterocycles. The number of pyridine rings is 1. The maximum Gasteiger partial charge on any atom is 0.267 e. The number of nitrogens with one attached hydrogen (secondary N) is 1. The van der Waals surface area contributed by atoms with Crippen LogP contribution >= 0.6 is 11.3 Å². The van der Waals surface area contributed by atoms with Crippen molar-refractivity contribution in [1.82, 2.24) is 4.98 Å². The zero-order chi connectivity index (χ0) is 24.6. The predicted octanol–water partition coefficient (Wildman–Crippen LogP) is 4.89. The van der Waals surface area contributed by atoms with Crippen LogP contribution in [0.4, 0.5) is 17.2 Å². The SMILES string of the molecule is COc1ccc(-c2c(C#N)c(N)nc3sc(C(=O)Nc4cccc(C)c4C)c(N)c23)cc1OC. The van der Waals surface area contributed by atoms with Crippen molar-refractivity contribution < 1.29 is 14.3 Å². The van der Waals surface area contributed by atoms with Gasteiger partial charge in [0, 0.05) is 16.6 Å². The van der Waals surface area contributed by atoms with Gasteiger partial charge < -0.3 is 26.3 Å². The molecule has 0 saturated carbocycles. The molecule has 172 valence electrons. The summed E-state index contributed by atoms with van der Waals surface area (Å²) in [6.45, 7) is 3.92. The van der Waals surface area contributed by atoms with Crippen molar-refractivity contribution >= 4 is 44.7 Å². The number of hydrogen-bond acceptors (Lipinski definition) is 8. The molecule has 0 unspecified atom stereocenters. The highest BCUT2D eigenvalue weighted by atomic mass is 32.1. The van der Waals surface area contributed by atoms with Gasteiger partial charge >= 0.3 is 0 Å². The molecule has 0 fully saturated rings. The number of benzene rings is 2. The summed E-state index contributed by atoms with van der Waals surface area (Å²) in [5.41, 5.74) is 16.9. The van der Waals surface area contributed by atoms with Crippen molar-refractivity contribution in [3.05, 3.63) is 58.0 Å². The number of amides is 1. The Morgan fingerprint density at radius 1 is 1.12 bits per heavy atom. The normalized spacial score (nSPS) is 10.7. The molecule has 0 spiro atoms. The first-order valence-electron chi connectivity index (χ1n) is 10.3. The standard InChI is InChI=1S/C25H23N5O3S/c1-12-6-5-7-16(13(12)2)29-24(31)22-21(27)20-19(15(11-26)23(28)30-25(20)34-22)14-8-9-17(32-3)18(10-14)33-4/h5-10H,27H2,1-4H3,(H2,28,30)(H,29,31). The third kappa shape index (κ3) is 3.74. The molecule has 0 bridgehead atoms. The number of carbonyl (C=O) groups is 1. The van der Waals surface area contributed by atoms with Gasteiger partial charge in [0.2, 0.25) is 0 Å². The maximum absolute atomic E-state index is 13.2. The zero-order valence-corrected chi connectivity index (χ0v) is 20.0. The lowest BCUT2D eigenvalue weighted by Crippen LogP contribution is -2.13. The fraction of sp³-hybridized carbons (Fsp3) is 0.160. The second-order valence-electron chi connectivity index (χ2n) is 7.66. The van der Waals surface area contributed by atoms with Crippen LogP contribution in [0.5, 0.6) is 11.5 Å². The fourth-order valence-corrected chi connectivity index (χ4v) is 4.81. The van der Waals surface area contributed by atoms with Crippen molar-refractivity contribution in [3.8, 4) is 28.7 Å². The Morgan fingerprint density at radius 2 is 1.85 bits per heavy atom. The van der Waals surface area contributed by atoms with Crippen LogP contribution in [0, 0.1) is 25.2 Å². The molecule has 2 heterocycles. The van der Waals surface area contributed by atoms with E-state index in [4.69, 9.17) is 20.9 Å². The van der Waals surface area contributed by atoms with Crippen molar-refractivity contribution in [3.63, 3.8) is 0 Å². The van der Waals surface area contributed by atoms with Crippen LogP contribution in [-0.2, 0) is 0 Å². The lowest BCUT2D eigenvalue weighted by Gasteiger charge is -2.13. The quantitative estimate of drug-likeness (QED) is 0.375. The van der Waals surface area contributed by atoms with Gasteiger partial charge in [0.1, 0.15) is 27.2 Å². The van der Waals surface area contributed by atoms with Gasteiger partial charge in [0.15, 0.2) is 11.5 Å². The first-order chi connectivity index (χ1) is 16.3. The smallest absolute Gasteiger partial charge is 0.267 e. The number of rotatable bonds is 5. The lowest BCUT2D eigenvalue weighted by molar-refractivity contribution is 0.103. The van der Waals surface area contributed by atoms with Gasteiger partial charge in [-0.1, -0.05) is 18.2 Å². The Morgan fingerprint density at radius 3 is 2.53 bits per heavy atom. The van der Waals surface area contributed by atoms with Gasteiger partial charge in [-0.3, -0.25) is 4.79 Å². The molecule has 4 aromatic rings. The van der Waals surface area contributed by atoms with E-state index in [9.17, 15) is 10.1 Å². The zero-order valence-electron chi connectivity index (χ0n) is 19.1. The van der Waals surface area contributed by atoms with Crippen LogP contribution in [0.1, 0.15) is 26.4 Å². The fourth-order valence-electron chi connectivity index (χ4n) is 3.80. The minimum Gasteiger partial charge on any atom is -0.493 e. The Kier molecular flexibility index (Phi) is 6.01. The number of anilines is 3. The molecular formula is C25H23N5O3S. The summed E-state index contributed by atoms with van der Waals surface area (Å²) in [5.74, 6) is 0.719. The number of carbonyl (C=O) groups excluding carboxylic acids is 1. The summed E-state index contributed by atoms with van der Waals surface area (Å²) in [5, 5.41) is 13.3. The Bertz CT molecular complexity index is 1490. The average Bonchev–Trinajstić information content (AvgIpc) is 3.16. The average molecular weight is 474 g/mol.